The first-order valence-corrected chi connectivity index (χ1v) is 10.1. The van der Waals surface area contributed by atoms with Gasteiger partial charge in [0.05, 0.1) is 6.42 Å². The van der Waals surface area contributed by atoms with E-state index >= 15 is 0 Å². The highest BCUT2D eigenvalue weighted by atomic mass is 16.4. The summed E-state index contributed by atoms with van der Waals surface area (Å²) in [4.78, 5) is 22.6. The van der Waals surface area contributed by atoms with Crippen LogP contribution in [0.5, 0.6) is 0 Å². The molecule has 2 aliphatic carbocycles. The minimum absolute atomic E-state index is 0.0162. The zero-order valence-corrected chi connectivity index (χ0v) is 15.3. The highest BCUT2D eigenvalue weighted by Crippen LogP contribution is 2.42. The van der Waals surface area contributed by atoms with Gasteiger partial charge in [0.25, 0.3) is 0 Å². The van der Waals surface area contributed by atoms with Crippen molar-refractivity contribution in [1.29, 1.82) is 0 Å². The van der Waals surface area contributed by atoms with E-state index in [4.69, 9.17) is 5.11 Å². The lowest BCUT2D eigenvalue weighted by molar-refractivity contribution is -0.137. The third-order valence-electron chi connectivity index (χ3n) is 6.30. The standard InChI is InChI=1S/C20H35NO3/c1-2-3-4-15-5-7-16(8-6-15)17-9-11-18(12-10-17)20(24)21-14-13-19(22)23/h15-18H,2-14H2,1H3,(H,21,24)(H,22,23). The maximum Gasteiger partial charge on any atom is 0.305 e. The topological polar surface area (TPSA) is 66.4 Å². The monoisotopic (exact) mass is 337 g/mol. The number of carbonyl (C=O) groups excluding carboxylic acids is 1. The van der Waals surface area contributed by atoms with Crippen molar-refractivity contribution in [3.63, 3.8) is 0 Å². The van der Waals surface area contributed by atoms with Crippen molar-refractivity contribution >= 4 is 11.9 Å². The van der Waals surface area contributed by atoms with E-state index in [0.29, 0.717) is 0 Å². The molecule has 2 fully saturated rings. The Labute approximate surface area is 146 Å². The molecule has 0 spiro atoms. The number of carboxylic acid groups (broad SMARTS) is 1. The molecular weight excluding hydrogens is 302 g/mol. The Hall–Kier alpha value is -1.06. The number of aliphatic carboxylic acids is 1. The normalized spacial score (nSPS) is 30.7. The number of carboxylic acids is 1. The second-order valence-electron chi connectivity index (χ2n) is 7.97. The van der Waals surface area contributed by atoms with Crippen LogP contribution in [0.25, 0.3) is 0 Å². The van der Waals surface area contributed by atoms with Crippen LogP contribution >= 0.6 is 0 Å². The van der Waals surface area contributed by atoms with Gasteiger partial charge in [0.15, 0.2) is 0 Å². The van der Waals surface area contributed by atoms with Gasteiger partial charge in [-0.25, -0.2) is 0 Å². The molecule has 2 N–H and O–H groups in total. The summed E-state index contributed by atoms with van der Waals surface area (Å²) in [5.74, 6) is 2.00. The molecule has 0 aliphatic heterocycles. The van der Waals surface area contributed by atoms with E-state index in [0.717, 1.165) is 30.6 Å². The second kappa shape index (κ2) is 10.0. The van der Waals surface area contributed by atoms with Crippen LogP contribution in [0.15, 0.2) is 0 Å². The van der Waals surface area contributed by atoms with Gasteiger partial charge in [-0.05, 0) is 56.3 Å². The smallest absolute Gasteiger partial charge is 0.305 e. The van der Waals surface area contributed by atoms with Crippen molar-refractivity contribution < 1.29 is 14.7 Å². The van der Waals surface area contributed by atoms with Gasteiger partial charge in [0.2, 0.25) is 5.91 Å². The molecule has 2 rings (SSSR count). The maximum absolute atomic E-state index is 12.1. The average Bonchev–Trinajstić information content (AvgIpc) is 2.60. The van der Waals surface area contributed by atoms with E-state index < -0.39 is 5.97 Å². The van der Waals surface area contributed by atoms with Crippen LogP contribution in [0.3, 0.4) is 0 Å². The third-order valence-corrected chi connectivity index (χ3v) is 6.30. The molecule has 24 heavy (non-hydrogen) atoms. The molecule has 0 bridgehead atoms. The number of nitrogens with one attached hydrogen (secondary N) is 1. The third kappa shape index (κ3) is 6.10. The van der Waals surface area contributed by atoms with E-state index in [2.05, 4.69) is 12.2 Å². The summed E-state index contributed by atoms with van der Waals surface area (Å²) in [6.45, 7) is 2.54. The summed E-state index contributed by atoms with van der Waals surface area (Å²) in [5, 5.41) is 11.4. The van der Waals surface area contributed by atoms with Crippen LogP contribution in [-0.4, -0.2) is 23.5 Å². The van der Waals surface area contributed by atoms with Gasteiger partial charge < -0.3 is 10.4 Å². The first kappa shape index (κ1) is 19.3. The average molecular weight is 338 g/mol. The van der Waals surface area contributed by atoms with Crippen LogP contribution in [0, 0.1) is 23.7 Å². The fourth-order valence-corrected chi connectivity index (χ4v) is 4.73. The molecule has 138 valence electrons. The van der Waals surface area contributed by atoms with Crippen LogP contribution < -0.4 is 5.32 Å². The molecule has 1 amide bonds. The van der Waals surface area contributed by atoms with Crippen LogP contribution in [0.2, 0.25) is 0 Å². The van der Waals surface area contributed by atoms with Crippen LogP contribution in [-0.2, 0) is 9.59 Å². The second-order valence-corrected chi connectivity index (χ2v) is 7.97. The molecule has 2 saturated carbocycles. The predicted octanol–water partition coefficient (Wildman–Crippen LogP) is 4.38. The number of hydrogen-bond donors (Lipinski definition) is 2. The number of hydrogen-bond acceptors (Lipinski definition) is 2. The minimum Gasteiger partial charge on any atom is -0.481 e. The van der Waals surface area contributed by atoms with E-state index in [1.165, 1.54) is 57.8 Å². The predicted molar refractivity (Wildman–Crippen MR) is 95.7 cm³/mol. The van der Waals surface area contributed by atoms with E-state index in [-0.39, 0.29) is 24.8 Å². The highest BCUT2D eigenvalue weighted by Gasteiger charge is 2.32. The quantitative estimate of drug-likeness (QED) is 0.690. The summed E-state index contributed by atoms with van der Waals surface area (Å²) in [7, 11) is 0. The lowest BCUT2D eigenvalue weighted by Crippen LogP contribution is -2.35. The van der Waals surface area contributed by atoms with E-state index in [1.807, 2.05) is 0 Å². The summed E-state index contributed by atoms with van der Waals surface area (Å²) >= 11 is 0. The molecule has 0 aromatic heterocycles. The number of carbonyl (C=O) groups is 2. The Morgan fingerprint density at radius 1 is 0.958 bits per heavy atom. The van der Waals surface area contributed by atoms with Crippen molar-refractivity contribution in [3.8, 4) is 0 Å². The summed E-state index contributed by atoms with van der Waals surface area (Å²) in [6.07, 6.45) is 14.1. The van der Waals surface area contributed by atoms with Crippen molar-refractivity contribution in [2.75, 3.05) is 6.54 Å². The van der Waals surface area contributed by atoms with Crippen molar-refractivity contribution in [3.05, 3.63) is 0 Å². The van der Waals surface area contributed by atoms with Crippen LogP contribution in [0.1, 0.15) is 84.0 Å². The molecule has 0 saturated heterocycles. The molecule has 0 aromatic carbocycles. The number of amides is 1. The fraction of sp³-hybridized carbons (Fsp3) is 0.900. The SMILES string of the molecule is CCCCC1CCC(C2CCC(C(=O)NCCC(=O)O)CC2)CC1. The van der Waals surface area contributed by atoms with Gasteiger partial charge in [-0.15, -0.1) is 0 Å². The zero-order valence-electron chi connectivity index (χ0n) is 15.3. The first-order valence-electron chi connectivity index (χ1n) is 10.1. The molecule has 0 aromatic rings. The Morgan fingerprint density at radius 2 is 1.54 bits per heavy atom. The Balaban J connectivity index is 1.64. The molecule has 4 heteroatoms. The molecule has 2 aliphatic rings. The number of rotatable bonds is 8. The zero-order chi connectivity index (χ0) is 17.4. The molecule has 0 heterocycles. The summed E-state index contributed by atoms with van der Waals surface area (Å²) in [6, 6.07) is 0. The molecule has 0 radical (unpaired) electrons. The van der Waals surface area contributed by atoms with Gasteiger partial charge in [0.1, 0.15) is 0 Å². The van der Waals surface area contributed by atoms with Gasteiger partial charge in [0, 0.05) is 12.5 Å². The Kier molecular flexibility index (Phi) is 8.07. The lowest BCUT2D eigenvalue weighted by Gasteiger charge is -2.37. The van der Waals surface area contributed by atoms with Gasteiger partial charge >= 0.3 is 5.97 Å². The maximum atomic E-state index is 12.1. The number of unbranched alkanes of at least 4 members (excludes halogenated alkanes) is 1. The molecule has 0 unspecified atom stereocenters. The highest BCUT2D eigenvalue weighted by molar-refractivity contribution is 5.79. The Morgan fingerprint density at radius 3 is 2.08 bits per heavy atom. The van der Waals surface area contributed by atoms with Crippen molar-refractivity contribution in [2.45, 2.75) is 84.0 Å². The molecule has 0 atom stereocenters. The van der Waals surface area contributed by atoms with Crippen molar-refractivity contribution in [1.82, 2.24) is 5.32 Å². The summed E-state index contributed by atoms with van der Waals surface area (Å²) in [5.41, 5.74) is 0. The molecule has 4 nitrogen and oxygen atoms in total. The van der Waals surface area contributed by atoms with Crippen LogP contribution in [0.4, 0.5) is 0 Å². The van der Waals surface area contributed by atoms with E-state index in [1.54, 1.807) is 0 Å². The minimum atomic E-state index is -0.853. The summed E-state index contributed by atoms with van der Waals surface area (Å²) < 4.78 is 0. The van der Waals surface area contributed by atoms with Gasteiger partial charge in [-0.1, -0.05) is 39.0 Å². The first-order chi connectivity index (χ1) is 11.6. The van der Waals surface area contributed by atoms with Gasteiger partial charge in [-0.3, -0.25) is 9.59 Å². The van der Waals surface area contributed by atoms with Crippen molar-refractivity contribution in [2.24, 2.45) is 23.7 Å². The lowest BCUT2D eigenvalue weighted by atomic mass is 9.68. The Bertz CT molecular complexity index is 394. The largest absolute Gasteiger partial charge is 0.481 e. The fourth-order valence-electron chi connectivity index (χ4n) is 4.73. The molecular formula is C20H35NO3. The van der Waals surface area contributed by atoms with Gasteiger partial charge in [-0.2, -0.15) is 0 Å². The van der Waals surface area contributed by atoms with E-state index in [9.17, 15) is 9.59 Å².